The van der Waals surface area contributed by atoms with Gasteiger partial charge in [-0.2, -0.15) is 4.31 Å². The van der Waals surface area contributed by atoms with Crippen molar-refractivity contribution < 1.29 is 22.7 Å². The van der Waals surface area contributed by atoms with E-state index < -0.39 is 16.1 Å². The Labute approximate surface area is 176 Å². The molecule has 9 heteroatoms. The van der Waals surface area contributed by atoms with Crippen molar-refractivity contribution in [2.75, 3.05) is 23.8 Å². The maximum absolute atomic E-state index is 13.1. The van der Waals surface area contributed by atoms with Crippen LogP contribution in [0.5, 0.6) is 5.75 Å². The lowest BCUT2D eigenvalue weighted by atomic mass is 10.2. The minimum absolute atomic E-state index is 0.130. The molecule has 0 aliphatic carbocycles. The van der Waals surface area contributed by atoms with Crippen LogP contribution in [-0.2, 0) is 19.6 Å². The van der Waals surface area contributed by atoms with Crippen LogP contribution in [0.3, 0.4) is 0 Å². The molecule has 8 nitrogen and oxygen atoms in total. The second-order valence-corrected chi connectivity index (χ2v) is 8.82. The Kier molecular flexibility index (Phi) is 6.73. The molecule has 0 saturated carbocycles. The van der Waals surface area contributed by atoms with Crippen LogP contribution in [0, 0.1) is 0 Å². The summed E-state index contributed by atoms with van der Waals surface area (Å²) in [6.07, 6.45) is 1.06. The summed E-state index contributed by atoms with van der Waals surface area (Å²) in [4.78, 5) is 24.0. The molecule has 1 aliphatic rings. The van der Waals surface area contributed by atoms with Gasteiger partial charge < -0.3 is 15.4 Å². The van der Waals surface area contributed by atoms with E-state index in [2.05, 4.69) is 10.6 Å². The Hall–Kier alpha value is -2.91. The molecule has 0 bridgehead atoms. The van der Waals surface area contributed by atoms with Gasteiger partial charge in [-0.3, -0.25) is 9.59 Å². The fourth-order valence-electron chi connectivity index (χ4n) is 3.37. The third kappa shape index (κ3) is 4.98. The first-order chi connectivity index (χ1) is 14.3. The van der Waals surface area contributed by atoms with Crippen LogP contribution in [0.1, 0.15) is 26.7 Å². The van der Waals surface area contributed by atoms with E-state index >= 15 is 0 Å². The van der Waals surface area contributed by atoms with E-state index in [4.69, 9.17) is 4.74 Å². The zero-order valence-corrected chi connectivity index (χ0v) is 17.7. The summed E-state index contributed by atoms with van der Waals surface area (Å²) in [7, 11) is -3.81. The van der Waals surface area contributed by atoms with Crippen LogP contribution in [0.2, 0.25) is 0 Å². The molecule has 0 aromatic heterocycles. The largest absolute Gasteiger partial charge is 0.494 e. The van der Waals surface area contributed by atoms with E-state index in [0.717, 1.165) is 0 Å². The molecule has 1 atom stereocenters. The molecule has 2 N–H and O–H groups in total. The average molecular weight is 432 g/mol. The lowest BCUT2D eigenvalue weighted by molar-refractivity contribution is -0.119. The van der Waals surface area contributed by atoms with Gasteiger partial charge >= 0.3 is 0 Å². The van der Waals surface area contributed by atoms with Crippen LogP contribution in [0.25, 0.3) is 0 Å². The summed E-state index contributed by atoms with van der Waals surface area (Å²) in [5.41, 5.74) is 1.14. The van der Waals surface area contributed by atoms with Gasteiger partial charge in [-0.25, -0.2) is 8.42 Å². The Bertz CT molecular complexity index is 1000. The van der Waals surface area contributed by atoms with Crippen molar-refractivity contribution in [2.24, 2.45) is 0 Å². The van der Waals surface area contributed by atoms with Crippen LogP contribution in [-0.4, -0.2) is 43.7 Å². The van der Waals surface area contributed by atoms with Gasteiger partial charge in [0, 0.05) is 24.8 Å². The molecule has 2 aromatic carbocycles. The fraction of sp³-hybridized carbons (Fsp3) is 0.333. The number of nitrogens with one attached hydrogen (secondary N) is 2. The zero-order valence-electron chi connectivity index (χ0n) is 16.9. The van der Waals surface area contributed by atoms with Gasteiger partial charge in [0.1, 0.15) is 11.8 Å². The predicted octanol–water partition coefficient (Wildman–Crippen LogP) is 2.84. The number of hydrogen-bond donors (Lipinski definition) is 2. The molecule has 3 rings (SSSR count). The van der Waals surface area contributed by atoms with Crippen LogP contribution in [0.4, 0.5) is 11.4 Å². The summed E-state index contributed by atoms with van der Waals surface area (Å²) in [5.74, 6) is 0.0250. The molecule has 1 saturated heterocycles. The molecule has 1 aliphatic heterocycles. The lowest BCUT2D eigenvalue weighted by Crippen LogP contribution is -2.43. The third-order valence-electron chi connectivity index (χ3n) is 4.72. The minimum Gasteiger partial charge on any atom is -0.494 e. The molecular weight excluding hydrogens is 406 g/mol. The number of sulfonamides is 1. The second kappa shape index (κ2) is 9.27. The number of benzene rings is 2. The number of amides is 2. The quantitative estimate of drug-likeness (QED) is 0.701. The van der Waals surface area contributed by atoms with Gasteiger partial charge in [0.15, 0.2) is 0 Å². The first-order valence-electron chi connectivity index (χ1n) is 9.74. The van der Waals surface area contributed by atoms with Crippen molar-refractivity contribution in [3.8, 4) is 5.75 Å². The lowest BCUT2D eigenvalue weighted by Gasteiger charge is -2.23. The van der Waals surface area contributed by atoms with E-state index in [1.54, 1.807) is 36.4 Å². The molecule has 0 spiro atoms. The maximum Gasteiger partial charge on any atom is 0.243 e. The fourth-order valence-corrected chi connectivity index (χ4v) is 5.02. The molecule has 1 fully saturated rings. The molecule has 30 heavy (non-hydrogen) atoms. The summed E-state index contributed by atoms with van der Waals surface area (Å²) < 4.78 is 32.8. The Morgan fingerprint density at radius 3 is 2.20 bits per heavy atom. The summed E-state index contributed by atoms with van der Waals surface area (Å²) in [6, 6.07) is 12.1. The number of rotatable bonds is 7. The normalized spacial score (nSPS) is 16.8. The van der Waals surface area contributed by atoms with Gasteiger partial charge in [0.05, 0.1) is 11.5 Å². The minimum atomic E-state index is -3.81. The first-order valence-corrected chi connectivity index (χ1v) is 11.2. The van der Waals surface area contributed by atoms with Gasteiger partial charge in [0.25, 0.3) is 0 Å². The topological polar surface area (TPSA) is 105 Å². The van der Waals surface area contributed by atoms with Gasteiger partial charge in [-0.15, -0.1) is 0 Å². The molecule has 160 valence electrons. The number of carbonyl (C=O) groups excluding carboxylic acids is 2. The number of hydrogen-bond acceptors (Lipinski definition) is 5. The number of anilines is 2. The second-order valence-electron chi connectivity index (χ2n) is 6.93. The summed E-state index contributed by atoms with van der Waals surface area (Å²) in [5, 5.41) is 5.42. The molecule has 0 unspecified atom stereocenters. The first kappa shape index (κ1) is 21.8. The van der Waals surface area contributed by atoms with Crippen molar-refractivity contribution in [1.82, 2.24) is 4.31 Å². The van der Waals surface area contributed by atoms with Gasteiger partial charge in [-0.1, -0.05) is 0 Å². The molecule has 0 radical (unpaired) electrons. The summed E-state index contributed by atoms with van der Waals surface area (Å²) >= 11 is 0. The standard InChI is InChI=1S/C21H25N3O5S/c1-3-29-18-10-12-19(13-11-18)30(27,28)24-14-4-5-20(24)21(26)23-17-8-6-16(7-9-17)22-15(2)25/h6-13,20H,3-5,14H2,1-2H3,(H,22,25)(H,23,26)/t20-/m1/s1. The Morgan fingerprint density at radius 2 is 1.63 bits per heavy atom. The van der Waals surface area contributed by atoms with E-state index in [0.29, 0.717) is 36.6 Å². The third-order valence-corrected chi connectivity index (χ3v) is 6.64. The highest BCUT2D eigenvalue weighted by Gasteiger charge is 2.39. The number of nitrogens with zero attached hydrogens (tertiary/aromatic N) is 1. The van der Waals surface area contributed by atoms with Crippen molar-refractivity contribution in [1.29, 1.82) is 0 Å². The van der Waals surface area contributed by atoms with Crippen LogP contribution >= 0.6 is 0 Å². The van der Waals surface area contributed by atoms with Gasteiger partial charge in [-0.05, 0) is 68.3 Å². The maximum atomic E-state index is 13.1. The monoisotopic (exact) mass is 431 g/mol. The highest BCUT2D eigenvalue weighted by atomic mass is 32.2. The Balaban J connectivity index is 1.72. The molecule has 2 aromatic rings. The number of carbonyl (C=O) groups is 2. The van der Waals surface area contributed by atoms with Crippen LogP contribution in [0.15, 0.2) is 53.4 Å². The van der Waals surface area contributed by atoms with Crippen molar-refractivity contribution in [2.45, 2.75) is 37.6 Å². The number of ether oxygens (including phenoxy) is 1. The van der Waals surface area contributed by atoms with Crippen molar-refractivity contribution >= 4 is 33.2 Å². The highest BCUT2D eigenvalue weighted by Crippen LogP contribution is 2.28. The average Bonchev–Trinajstić information content (AvgIpc) is 3.21. The van der Waals surface area contributed by atoms with Crippen molar-refractivity contribution in [3.05, 3.63) is 48.5 Å². The molecular formula is C21H25N3O5S. The van der Waals surface area contributed by atoms with Crippen LogP contribution < -0.4 is 15.4 Å². The smallest absolute Gasteiger partial charge is 0.243 e. The van der Waals surface area contributed by atoms with Gasteiger partial charge in [0.2, 0.25) is 21.8 Å². The predicted molar refractivity (Wildman–Crippen MR) is 114 cm³/mol. The van der Waals surface area contributed by atoms with E-state index in [1.807, 2.05) is 6.92 Å². The van der Waals surface area contributed by atoms with E-state index in [1.165, 1.54) is 23.4 Å². The van der Waals surface area contributed by atoms with E-state index in [9.17, 15) is 18.0 Å². The summed E-state index contributed by atoms with van der Waals surface area (Å²) in [6.45, 7) is 4.04. The molecule has 1 heterocycles. The highest BCUT2D eigenvalue weighted by molar-refractivity contribution is 7.89. The Morgan fingerprint density at radius 1 is 1.03 bits per heavy atom. The zero-order chi connectivity index (χ0) is 21.7. The molecule has 2 amide bonds. The SMILES string of the molecule is CCOc1ccc(S(=O)(=O)N2CCC[C@@H]2C(=O)Nc2ccc(NC(C)=O)cc2)cc1. The van der Waals surface area contributed by atoms with E-state index in [-0.39, 0.29) is 23.3 Å². The van der Waals surface area contributed by atoms with Crippen molar-refractivity contribution in [3.63, 3.8) is 0 Å².